The van der Waals surface area contributed by atoms with E-state index in [0.717, 1.165) is 18.6 Å². The van der Waals surface area contributed by atoms with Gasteiger partial charge in [-0.25, -0.2) is 0 Å². The van der Waals surface area contributed by atoms with Crippen LogP contribution in [0, 0.1) is 0 Å². The Bertz CT molecular complexity index is 377. The summed E-state index contributed by atoms with van der Waals surface area (Å²) in [7, 11) is 0. The van der Waals surface area contributed by atoms with E-state index in [1.165, 1.54) is 6.42 Å². The van der Waals surface area contributed by atoms with E-state index in [2.05, 4.69) is 0 Å². The first-order chi connectivity index (χ1) is 8.81. The van der Waals surface area contributed by atoms with Crippen LogP contribution in [0.25, 0.3) is 0 Å². The van der Waals surface area contributed by atoms with E-state index < -0.39 is 0 Å². The van der Waals surface area contributed by atoms with E-state index in [9.17, 15) is 4.79 Å². The van der Waals surface area contributed by atoms with Crippen molar-refractivity contribution in [3.63, 3.8) is 0 Å². The molecule has 1 aromatic rings. The Labute approximate surface area is 108 Å². The number of nitrogens with zero attached hydrogens (tertiary/aromatic N) is 1. The fourth-order valence-corrected chi connectivity index (χ4v) is 2.09. The second-order valence-electron chi connectivity index (χ2n) is 4.56. The summed E-state index contributed by atoms with van der Waals surface area (Å²) in [6.45, 7) is 1.23. The zero-order valence-electron chi connectivity index (χ0n) is 10.5. The summed E-state index contributed by atoms with van der Waals surface area (Å²) in [5.41, 5.74) is 5.56. The molecule has 2 rings (SSSR count). The van der Waals surface area contributed by atoms with Crippen molar-refractivity contribution in [2.75, 3.05) is 19.7 Å². The number of rotatable bonds is 6. The molecule has 0 aliphatic heterocycles. The van der Waals surface area contributed by atoms with Crippen molar-refractivity contribution in [2.45, 2.75) is 25.3 Å². The predicted molar refractivity (Wildman–Crippen MR) is 70.3 cm³/mol. The molecule has 0 aromatic heterocycles. The van der Waals surface area contributed by atoms with Gasteiger partial charge < -0.3 is 15.4 Å². The van der Waals surface area contributed by atoms with Gasteiger partial charge in [-0.2, -0.15) is 0 Å². The van der Waals surface area contributed by atoms with Gasteiger partial charge in [-0.3, -0.25) is 4.79 Å². The number of ether oxygens (including phenoxy) is 1. The minimum absolute atomic E-state index is 0.0361. The molecule has 0 unspecified atom stereocenters. The van der Waals surface area contributed by atoms with Gasteiger partial charge in [-0.15, -0.1) is 0 Å². The molecule has 1 aromatic carbocycles. The average Bonchev–Trinajstić information content (AvgIpc) is 2.34. The number of hydrogen-bond acceptors (Lipinski definition) is 3. The summed E-state index contributed by atoms with van der Waals surface area (Å²) in [6, 6.07) is 9.78. The van der Waals surface area contributed by atoms with Crippen molar-refractivity contribution in [1.82, 2.24) is 4.90 Å². The normalized spacial score (nSPS) is 14.9. The molecule has 0 radical (unpaired) electrons. The van der Waals surface area contributed by atoms with E-state index in [1.54, 1.807) is 0 Å². The van der Waals surface area contributed by atoms with Crippen LogP contribution in [-0.4, -0.2) is 36.5 Å². The molecule has 1 saturated carbocycles. The molecular formula is C14H20N2O2. The lowest BCUT2D eigenvalue weighted by atomic mass is 9.91. The third kappa shape index (κ3) is 3.23. The Morgan fingerprint density at radius 1 is 1.33 bits per heavy atom. The highest BCUT2D eigenvalue weighted by atomic mass is 16.5. The molecule has 0 atom stereocenters. The largest absolute Gasteiger partial charge is 0.484 e. The van der Waals surface area contributed by atoms with E-state index in [-0.39, 0.29) is 12.5 Å². The zero-order valence-corrected chi connectivity index (χ0v) is 10.5. The first-order valence-electron chi connectivity index (χ1n) is 6.48. The number of carbonyl (C=O) groups excluding carboxylic acids is 1. The summed E-state index contributed by atoms with van der Waals surface area (Å²) >= 11 is 0. The summed E-state index contributed by atoms with van der Waals surface area (Å²) in [6.07, 6.45) is 3.40. The van der Waals surface area contributed by atoms with Crippen LogP contribution >= 0.6 is 0 Å². The van der Waals surface area contributed by atoms with E-state index in [4.69, 9.17) is 10.5 Å². The first kappa shape index (κ1) is 12.9. The molecule has 2 N–H and O–H groups in total. The number of amides is 1. The lowest BCUT2D eigenvalue weighted by Gasteiger charge is -2.37. The summed E-state index contributed by atoms with van der Waals surface area (Å²) < 4.78 is 5.48. The maximum Gasteiger partial charge on any atom is 0.260 e. The van der Waals surface area contributed by atoms with Gasteiger partial charge in [0, 0.05) is 19.1 Å². The van der Waals surface area contributed by atoms with Crippen LogP contribution < -0.4 is 10.5 Å². The third-order valence-corrected chi connectivity index (χ3v) is 3.31. The molecule has 98 valence electrons. The first-order valence-corrected chi connectivity index (χ1v) is 6.48. The second-order valence-corrected chi connectivity index (χ2v) is 4.56. The highest BCUT2D eigenvalue weighted by molar-refractivity contribution is 5.78. The van der Waals surface area contributed by atoms with Crippen LogP contribution in [0.4, 0.5) is 0 Å². The molecule has 4 heteroatoms. The van der Waals surface area contributed by atoms with Gasteiger partial charge in [0.1, 0.15) is 5.75 Å². The van der Waals surface area contributed by atoms with Gasteiger partial charge in [0.05, 0.1) is 0 Å². The fourth-order valence-electron chi connectivity index (χ4n) is 2.09. The van der Waals surface area contributed by atoms with E-state index in [1.807, 2.05) is 35.2 Å². The maximum absolute atomic E-state index is 12.1. The van der Waals surface area contributed by atoms with E-state index >= 15 is 0 Å². The van der Waals surface area contributed by atoms with Crippen LogP contribution in [-0.2, 0) is 4.79 Å². The Kier molecular flexibility index (Phi) is 4.59. The SMILES string of the molecule is NCCN(C(=O)COc1ccccc1)C1CCC1. The number of hydrogen-bond donors (Lipinski definition) is 1. The average molecular weight is 248 g/mol. The topological polar surface area (TPSA) is 55.6 Å². The molecular weight excluding hydrogens is 228 g/mol. The van der Waals surface area contributed by atoms with Gasteiger partial charge in [-0.1, -0.05) is 18.2 Å². The van der Waals surface area contributed by atoms with Crippen molar-refractivity contribution in [2.24, 2.45) is 5.73 Å². The van der Waals surface area contributed by atoms with Crippen molar-refractivity contribution in [3.8, 4) is 5.75 Å². The lowest BCUT2D eigenvalue weighted by molar-refractivity contribution is -0.137. The molecule has 0 bridgehead atoms. The molecule has 18 heavy (non-hydrogen) atoms. The quantitative estimate of drug-likeness (QED) is 0.828. The minimum atomic E-state index is 0.0361. The predicted octanol–water partition coefficient (Wildman–Crippen LogP) is 1.41. The Morgan fingerprint density at radius 2 is 2.06 bits per heavy atom. The highest BCUT2D eigenvalue weighted by Gasteiger charge is 2.28. The molecule has 1 fully saturated rings. The van der Waals surface area contributed by atoms with Crippen LogP contribution in [0.2, 0.25) is 0 Å². The van der Waals surface area contributed by atoms with Crippen LogP contribution in [0.5, 0.6) is 5.75 Å². The molecule has 0 saturated heterocycles. The molecule has 1 aliphatic rings. The lowest BCUT2D eigenvalue weighted by Crippen LogP contribution is -2.48. The van der Waals surface area contributed by atoms with Crippen molar-refractivity contribution < 1.29 is 9.53 Å². The minimum Gasteiger partial charge on any atom is -0.484 e. The van der Waals surface area contributed by atoms with Crippen LogP contribution in [0.3, 0.4) is 0 Å². The number of benzene rings is 1. The van der Waals surface area contributed by atoms with E-state index in [0.29, 0.717) is 19.1 Å². The Balaban J connectivity index is 1.85. The summed E-state index contributed by atoms with van der Waals surface area (Å²) in [4.78, 5) is 14.0. The Hall–Kier alpha value is -1.55. The smallest absolute Gasteiger partial charge is 0.260 e. The number of carbonyl (C=O) groups is 1. The van der Waals surface area contributed by atoms with Crippen molar-refractivity contribution in [3.05, 3.63) is 30.3 Å². The molecule has 1 aliphatic carbocycles. The van der Waals surface area contributed by atoms with Crippen molar-refractivity contribution in [1.29, 1.82) is 0 Å². The highest BCUT2D eigenvalue weighted by Crippen LogP contribution is 2.24. The van der Waals surface area contributed by atoms with Crippen LogP contribution in [0.1, 0.15) is 19.3 Å². The van der Waals surface area contributed by atoms with Gasteiger partial charge in [0.15, 0.2) is 6.61 Å². The molecule has 0 heterocycles. The standard InChI is InChI=1S/C14H20N2O2/c15-9-10-16(12-5-4-6-12)14(17)11-18-13-7-2-1-3-8-13/h1-3,7-8,12H,4-6,9-11,15H2. The molecule has 4 nitrogen and oxygen atoms in total. The van der Waals surface area contributed by atoms with Gasteiger partial charge >= 0.3 is 0 Å². The second kappa shape index (κ2) is 6.40. The zero-order chi connectivity index (χ0) is 12.8. The van der Waals surface area contributed by atoms with Gasteiger partial charge in [-0.05, 0) is 31.4 Å². The summed E-state index contributed by atoms with van der Waals surface area (Å²) in [5, 5.41) is 0. The number of nitrogens with two attached hydrogens (primary N) is 1. The molecule has 1 amide bonds. The monoisotopic (exact) mass is 248 g/mol. The fraction of sp³-hybridized carbons (Fsp3) is 0.500. The summed E-state index contributed by atoms with van der Waals surface area (Å²) in [5.74, 6) is 0.765. The van der Waals surface area contributed by atoms with Crippen molar-refractivity contribution >= 4 is 5.91 Å². The van der Waals surface area contributed by atoms with Gasteiger partial charge in [0.2, 0.25) is 0 Å². The maximum atomic E-state index is 12.1. The third-order valence-electron chi connectivity index (χ3n) is 3.31. The van der Waals surface area contributed by atoms with Crippen LogP contribution in [0.15, 0.2) is 30.3 Å². The Morgan fingerprint density at radius 3 is 2.61 bits per heavy atom. The number of para-hydroxylation sites is 1. The molecule has 0 spiro atoms. The van der Waals surface area contributed by atoms with Gasteiger partial charge in [0.25, 0.3) is 5.91 Å².